The molecule has 0 N–H and O–H groups in total. The number of carbonyl (C=O) groups is 1. The van der Waals surface area contributed by atoms with Crippen LogP contribution >= 0.6 is 0 Å². The van der Waals surface area contributed by atoms with E-state index < -0.39 is 0 Å². The summed E-state index contributed by atoms with van der Waals surface area (Å²) >= 11 is 0. The van der Waals surface area contributed by atoms with Crippen molar-refractivity contribution in [2.75, 3.05) is 38.3 Å². The van der Waals surface area contributed by atoms with Crippen LogP contribution in [0.3, 0.4) is 0 Å². The summed E-state index contributed by atoms with van der Waals surface area (Å²) in [5.41, 5.74) is 5.65. The third-order valence-corrected chi connectivity index (χ3v) is 6.84. The van der Waals surface area contributed by atoms with Crippen LogP contribution in [-0.2, 0) is 22.6 Å². The highest BCUT2D eigenvalue weighted by atomic mass is 16.5. The van der Waals surface area contributed by atoms with E-state index in [-0.39, 0.29) is 12.5 Å². The van der Waals surface area contributed by atoms with Gasteiger partial charge in [0.05, 0.1) is 6.61 Å². The molecule has 2 heterocycles. The van der Waals surface area contributed by atoms with Gasteiger partial charge in [-0.15, -0.1) is 0 Å². The molecule has 196 valence electrons. The number of anilines is 1. The zero-order valence-electron chi connectivity index (χ0n) is 22.2. The van der Waals surface area contributed by atoms with Crippen molar-refractivity contribution >= 4 is 11.6 Å². The Labute approximate surface area is 221 Å². The topological polar surface area (TPSA) is 54.9 Å². The summed E-state index contributed by atoms with van der Waals surface area (Å²) in [6.45, 7) is 6.08. The van der Waals surface area contributed by atoms with Crippen LogP contribution in [0, 0.1) is 0 Å². The number of pyridine rings is 1. The molecular weight excluding hydrogens is 462 g/mol. The first-order chi connectivity index (χ1) is 18.2. The van der Waals surface area contributed by atoms with Gasteiger partial charge in [0.25, 0.3) is 5.91 Å². The van der Waals surface area contributed by atoms with Gasteiger partial charge in [0.2, 0.25) is 0 Å². The molecule has 1 aromatic heterocycles. The standard InChI is InChI=1S/C31H39N3O3/c1-3-37-29-12-9-25(10-13-29)22-33-19-7-5-4-6-8-20-34(31(35)24-36-2)30-14-11-27(21-28(30)23-33)26-15-17-32-18-16-26/h9-18,21H,3-8,19-20,22-24H2,1-2H3. The molecular formula is C31H39N3O3. The Morgan fingerprint density at radius 2 is 1.62 bits per heavy atom. The van der Waals surface area contributed by atoms with E-state index in [0.29, 0.717) is 13.2 Å². The van der Waals surface area contributed by atoms with Gasteiger partial charge in [-0.3, -0.25) is 14.7 Å². The van der Waals surface area contributed by atoms with E-state index in [1.54, 1.807) is 7.11 Å². The van der Waals surface area contributed by atoms with Gasteiger partial charge in [-0.1, -0.05) is 37.5 Å². The lowest BCUT2D eigenvalue weighted by Gasteiger charge is -2.30. The van der Waals surface area contributed by atoms with Crippen molar-refractivity contribution in [1.29, 1.82) is 0 Å². The number of hydrogen-bond acceptors (Lipinski definition) is 5. The highest BCUT2D eigenvalue weighted by Gasteiger charge is 2.21. The Bertz CT molecular complexity index is 1120. The third kappa shape index (κ3) is 7.63. The molecule has 1 aliphatic heterocycles. The molecule has 0 atom stereocenters. The smallest absolute Gasteiger partial charge is 0.252 e. The SMILES string of the molecule is CCOc1ccc(CN2CCCCCCCN(C(=O)COC)c3ccc(-c4ccncc4)cc3C2)cc1. The number of aromatic nitrogens is 1. The summed E-state index contributed by atoms with van der Waals surface area (Å²) in [5, 5.41) is 0. The van der Waals surface area contributed by atoms with Gasteiger partial charge >= 0.3 is 0 Å². The Morgan fingerprint density at radius 1 is 0.892 bits per heavy atom. The fourth-order valence-electron chi connectivity index (χ4n) is 4.99. The normalized spacial score (nSPS) is 15.4. The molecule has 0 radical (unpaired) electrons. The number of hydrogen-bond donors (Lipinski definition) is 0. The van der Waals surface area contributed by atoms with Crippen molar-refractivity contribution in [3.63, 3.8) is 0 Å². The van der Waals surface area contributed by atoms with Gasteiger partial charge in [-0.2, -0.15) is 0 Å². The molecule has 0 saturated carbocycles. The number of amides is 1. The number of rotatable bonds is 7. The highest BCUT2D eigenvalue weighted by molar-refractivity contribution is 5.95. The molecule has 0 unspecified atom stereocenters. The summed E-state index contributed by atoms with van der Waals surface area (Å²) in [7, 11) is 1.58. The van der Waals surface area contributed by atoms with Crippen LogP contribution in [0.2, 0.25) is 0 Å². The second kappa shape index (κ2) is 13.9. The van der Waals surface area contributed by atoms with E-state index in [2.05, 4.69) is 52.3 Å². The van der Waals surface area contributed by atoms with Gasteiger partial charge in [0.1, 0.15) is 12.4 Å². The van der Waals surface area contributed by atoms with Gasteiger partial charge in [0, 0.05) is 44.8 Å². The largest absolute Gasteiger partial charge is 0.494 e. The van der Waals surface area contributed by atoms with Crippen molar-refractivity contribution in [2.24, 2.45) is 0 Å². The van der Waals surface area contributed by atoms with Crippen LogP contribution in [0.5, 0.6) is 5.75 Å². The molecule has 0 bridgehead atoms. The minimum Gasteiger partial charge on any atom is -0.494 e. The Kier molecular flexibility index (Phi) is 10.1. The first-order valence-electron chi connectivity index (χ1n) is 13.4. The molecule has 1 aliphatic rings. The van der Waals surface area contributed by atoms with Crippen molar-refractivity contribution < 1.29 is 14.3 Å². The van der Waals surface area contributed by atoms with Crippen LogP contribution in [0.25, 0.3) is 11.1 Å². The lowest BCUT2D eigenvalue weighted by atomic mass is 10.0. The lowest BCUT2D eigenvalue weighted by molar-refractivity contribution is -0.122. The second-order valence-corrected chi connectivity index (χ2v) is 9.61. The van der Waals surface area contributed by atoms with Gasteiger partial charge in [-0.05, 0) is 85.0 Å². The fourth-order valence-corrected chi connectivity index (χ4v) is 4.99. The average Bonchev–Trinajstić information content (AvgIpc) is 2.91. The Morgan fingerprint density at radius 3 is 2.35 bits per heavy atom. The van der Waals surface area contributed by atoms with Crippen molar-refractivity contribution in [2.45, 2.75) is 52.1 Å². The summed E-state index contributed by atoms with van der Waals surface area (Å²) < 4.78 is 10.9. The average molecular weight is 502 g/mol. The van der Waals surface area contributed by atoms with Gasteiger partial charge in [-0.25, -0.2) is 0 Å². The van der Waals surface area contributed by atoms with Crippen molar-refractivity contribution in [1.82, 2.24) is 9.88 Å². The first kappa shape index (κ1) is 26.8. The molecule has 4 rings (SSSR count). The molecule has 37 heavy (non-hydrogen) atoms. The van der Waals surface area contributed by atoms with Crippen LogP contribution in [0.15, 0.2) is 67.0 Å². The molecule has 2 aromatic carbocycles. The minimum absolute atomic E-state index is 0.00975. The molecule has 0 aliphatic carbocycles. The number of ether oxygens (including phenoxy) is 2. The van der Waals surface area contributed by atoms with E-state index in [1.165, 1.54) is 24.8 Å². The number of benzene rings is 2. The molecule has 1 amide bonds. The molecule has 3 aromatic rings. The minimum atomic E-state index is 0.00975. The van der Waals surface area contributed by atoms with Gasteiger partial charge < -0.3 is 14.4 Å². The van der Waals surface area contributed by atoms with E-state index in [9.17, 15) is 4.79 Å². The van der Waals surface area contributed by atoms with Crippen LogP contribution in [-0.4, -0.2) is 49.2 Å². The maximum absolute atomic E-state index is 13.2. The second-order valence-electron chi connectivity index (χ2n) is 9.61. The summed E-state index contributed by atoms with van der Waals surface area (Å²) in [5.74, 6) is 0.912. The molecule has 6 heteroatoms. The van der Waals surface area contributed by atoms with E-state index in [0.717, 1.165) is 60.6 Å². The van der Waals surface area contributed by atoms with E-state index >= 15 is 0 Å². The number of fused-ring (bicyclic) bond motifs is 1. The quantitative estimate of drug-likeness (QED) is 0.392. The molecule has 0 saturated heterocycles. The zero-order chi connectivity index (χ0) is 25.9. The lowest BCUT2D eigenvalue weighted by Crippen LogP contribution is -2.36. The summed E-state index contributed by atoms with van der Waals surface area (Å²) in [6.07, 6.45) is 9.33. The number of nitrogens with zero attached hydrogens (tertiary/aromatic N) is 3. The first-order valence-corrected chi connectivity index (χ1v) is 13.4. The van der Waals surface area contributed by atoms with E-state index in [1.807, 2.05) is 36.4 Å². The Hall–Kier alpha value is -3.22. The Balaban J connectivity index is 1.69. The summed E-state index contributed by atoms with van der Waals surface area (Å²) in [4.78, 5) is 21.8. The van der Waals surface area contributed by atoms with Crippen LogP contribution < -0.4 is 9.64 Å². The predicted octanol–water partition coefficient (Wildman–Crippen LogP) is 6.09. The monoisotopic (exact) mass is 501 g/mol. The molecule has 6 nitrogen and oxygen atoms in total. The van der Waals surface area contributed by atoms with E-state index in [4.69, 9.17) is 9.47 Å². The summed E-state index contributed by atoms with van der Waals surface area (Å²) in [6, 6.07) is 18.9. The molecule has 0 fully saturated rings. The third-order valence-electron chi connectivity index (χ3n) is 6.84. The maximum Gasteiger partial charge on any atom is 0.252 e. The van der Waals surface area contributed by atoms with Crippen LogP contribution in [0.4, 0.5) is 5.69 Å². The highest BCUT2D eigenvalue weighted by Crippen LogP contribution is 2.30. The van der Waals surface area contributed by atoms with Gasteiger partial charge in [0.15, 0.2) is 0 Å². The van der Waals surface area contributed by atoms with Crippen molar-refractivity contribution in [3.8, 4) is 16.9 Å². The zero-order valence-corrected chi connectivity index (χ0v) is 22.2. The van der Waals surface area contributed by atoms with Crippen LogP contribution in [0.1, 0.15) is 50.2 Å². The van der Waals surface area contributed by atoms with Crippen molar-refractivity contribution in [3.05, 3.63) is 78.1 Å². The number of methoxy groups -OCH3 is 1. The maximum atomic E-state index is 13.2. The molecule has 0 spiro atoms. The predicted molar refractivity (Wildman–Crippen MR) is 149 cm³/mol. The number of carbonyl (C=O) groups excluding carboxylic acids is 1. The fraction of sp³-hybridized carbons (Fsp3) is 0.419.